The Morgan fingerprint density at radius 3 is 2.31 bits per heavy atom. The van der Waals surface area contributed by atoms with Crippen LogP contribution in [0.3, 0.4) is 0 Å². The molecule has 18 nitrogen and oxygen atoms in total. The SMILES string of the molecule is CCCOCCOCCOCCCNC(=O)CCCOc1cc(C)c(S(=O)(=O)N[C@@H](CNC(=O)c2ccc3c(cnn3CCCNc3ncc[nH]3)c2)C(=O)O)c(C)c1. The fourth-order valence-corrected chi connectivity index (χ4v) is 7.59. The van der Waals surface area contributed by atoms with Crippen molar-refractivity contribution in [2.75, 3.05) is 71.2 Å². The van der Waals surface area contributed by atoms with Crippen LogP contribution in [0.2, 0.25) is 0 Å². The van der Waals surface area contributed by atoms with Crippen LogP contribution in [0.4, 0.5) is 5.95 Å². The highest BCUT2D eigenvalue weighted by Gasteiger charge is 2.29. The number of rotatable bonds is 29. The number of nitrogens with zero attached hydrogens (tertiary/aromatic N) is 3. The molecule has 0 spiro atoms. The first-order valence-corrected chi connectivity index (χ1v) is 20.9. The number of imidazole rings is 1. The molecule has 0 aliphatic rings. The normalized spacial score (nSPS) is 12.1. The molecule has 6 N–H and O–H groups in total. The zero-order valence-corrected chi connectivity index (χ0v) is 34.2. The summed E-state index contributed by atoms with van der Waals surface area (Å²) in [5.41, 5.74) is 1.77. The predicted molar refractivity (Wildman–Crippen MR) is 217 cm³/mol. The van der Waals surface area contributed by atoms with Crippen molar-refractivity contribution in [2.24, 2.45) is 0 Å². The molecule has 0 unspecified atom stereocenters. The second-order valence-electron chi connectivity index (χ2n) is 13.5. The molecule has 0 aliphatic carbocycles. The molecule has 2 amide bonds. The Bertz CT molecular complexity index is 1980. The van der Waals surface area contributed by atoms with Gasteiger partial charge in [-0.2, -0.15) is 9.82 Å². The van der Waals surface area contributed by atoms with Gasteiger partial charge in [-0.15, -0.1) is 0 Å². The molecule has 0 bridgehead atoms. The number of sulfonamides is 1. The van der Waals surface area contributed by atoms with Crippen LogP contribution in [-0.2, 0) is 40.4 Å². The van der Waals surface area contributed by atoms with Crippen molar-refractivity contribution in [1.82, 2.24) is 35.1 Å². The van der Waals surface area contributed by atoms with Gasteiger partial charge in [-0.3, -0.25) is 19.1 Å². The summed E-state index contributed by atoms with van der Waals surface area (Å²) in [5, 5.41) is 23.6. The molecule has 0 aliphatic heterocycles. The van der Waals surface area contributed by atoms with Gasteiger partial charge in [0.05, 0.1) is 49.6 Å². The molecule has 58 heavy (non-hydrogen) atoms. The molecular weight excluding hydrogens is 773 g/mol. The Morgan fingerprint density at radius 1 is 0.897 bits per heavy atom. The predicted octanol–water partition coefficient (Wildman–Crippen LogP) is 3.17. The number of aliphatic carboxylic acids is 1. The molecule has 318 valence electrons. The Hall–Kier alpha value is -5.08. The molecule has 0 fully saturated rings. The third-order valence-electron chi connectivity index (χ3n) is 8.70. The van der Waals surface area contributed by atoms with Gasteiger partial charge in [0.1, 0.15) is 11.8 Å². The number of fused-ring (bicyclic) bond motifs is 1. The second-order valence-corrected chi connectivity index (χ2v) is 15.1. The number of nitrogens with one attached hydrogen (secondary N) is 5. The third kappa shape index (κ3) is 15.0. The number of aromatic nitrogens is 4. The minimum atomic E-state index is -4.33. The van der Waals surface area contributed by atoms with E-state index in [1.54, 1.807) is 62.8 Å². The van der Waals surface area contributed by atoms with Gasteiger partial charge < -0.3 is 45.0 Å². The number of hydrogen-bond acceptors (Lipinski definition) is 12. The summed E-state index contributed by atoms with van der Waals surface area (Å²) in [6, 6.07) is 6.44. The lowest BCUT2D eigenvalue weighted by Crippen LogP contribution is -2.48. The number of aryl methyl sites for hydroxylation is 3. The van der Waals surface area contributed by atoms with Crippen LogP contribution in [0.25, 0.3) is 10.9 Å². The van der Waals surface area contributed by atoms with Crippen LogP contribution in [0, 0.1) is 13.8 Å². The van der Waals surface area contributed by atoms with Gasteiger partial charge in [0, 0.05) is 69.2 Å². The standard InChI is InChI=1S/C39H56N8O10S/c1-4-16-54-19-21-56-22-20-55-17-7-12-40-35(48)8-5-18-57-32-23-28(2)36(29(3)24-32)58(52,53)46-33(38(50)51)27-44-37(49)30-9-10-34-31(25-30)26-45-47(34)15-6-11-41-39-42-13-14-43-39/h9-10,13-14,23-26,33,46H,4-8,11-12,15-22,27H2,1-3H3,(H,40,48)(H,44,49)(H,50,51)(H2,41,42,43)/t33-/m0/s1. The van der Waals surface area contributed by atoms with E-state index < -0.39 is 34.5 Å². The summed E-state index contributed by atoms with van der Waals surface area (Å²) in [7, 11) is -4.33. The summed E-state index contributed by atoms with van der Waals surface area (Å²) >= 11 is 0. The van der Waals surface area contributed by atoms with Gasteiger partial charge in [0.2, 0.25) is 15.9 Å². The molecule has 0 saturated heterocycles. The van der Waals surface area contributed by atoms with Crippen molar-refractivity contribution < 1.29 is 46.9 Å². The largest absolute Gasteiger partial charge is 0.494 e. The van der Waals surface area contributed by atoms with Gasteiger partial charge in [0.15, 0.2) is 5.95 Å². The van der Waals surface area contributed by atoms with Crippen molar-refractivity contribution in [3.63, 3.8) is 0 Å². The first-order chi connectivity index (χ1) is 28.0. The summed E-state index contributed by atoms with van der Waals surface area (Å²) in [5.74, 6) is -1.04. The lowest BCUT2D eigenvalue weighted by atomic mass is 10.1. The number of anilines is 1. The molecule has 2 heterocycles. The highest BCUT2D eigenvalue weighted by molar-refractivity contribution is 7.89. The molecule has 19 heteroatoms. The summed E-state index contributed by atoms with van der Waals surface area (Å²) in [6.07, 6.45) is 8.16. The van der Waals surface area contributed by atoms with Crippen molar-refractivity contribution in [3.05, 3.63) is 65.6 Å². The molecule has 0 radical (unpaired) electrons. The van der Waals surface area contributed by atoms with Crippen LogP contribution in [0.5, 0.6) is 5.75 Å². The van der Waals surface area contributed by atoms with Crippen LogP contribution in [0.15, 0.2) is 53.8 Å². The number of carbonyl (C=O) groups excluding carboxylic acids is 2. The van der Waals surface area contributed by atoms with Crippen LogP contribution < -0.4 is 25.4 Å². The molecule has 4 aromatic rings. The zero-order chi connectivity index (χ0) is 41.8. The Kier molecular flexibility index (Phi) is 18.9. The number of carboxylic acid groups (broad SMARTS) is 1. The van der Waals surface area contributed by atoms with Gasteiger partial charge in [-0.05, 0) is 81.0 Å². The first kappa shape index (κ1) is 45.6. The molecule has 1 atom stereocenters. The van der Waals surface area contributed by atoms with E-state index in [1.165, 1.54) is 0 Å². The van der Waals surface area contributed by atoms with Gasteiger partial charge >= 0.3 is 5.97 Å². The number of carbonyl (C=O) groups is 3. The number of carboxylic acids is 1. The number of ether oxygens (including phenoxy) is 4. The minimum Gasteiger partial charge on any atom is -0.494 e. The zero-order valence-electron chi connectivity index (χ0n) is 33.4. The van der Waals surface area contributed by atoms with Crippen molar-refractivity contribution in [2.45, 2.75) is 70.4 Å². The minimum absolute atomic E-state index is 0.0930. The second kappa shape index (κ2) is 24.0. The number of benzene rings is 2. The molecular formula is C39H56N8O10S. The van der Waals surface area contributed by atoms with Crippen molar-refractivity contribution in [3.8, 4) is 5.75 Å². The molecule has 0 saturated carbocycles. The molecule has 4 rings (SSSR count). The third-order valence-corrected chi connectivity index (χ3v) is 10.5. The van der Waals surface area contributed by atoms with E-state index in [2.05, 4.69) is 42.7 Å². The Labute approximate surface area is 338 Å². The highest BCUT2D eigenvalue weighted by Crippen LogP contribution is 2.26. The van der Waals surface area contributed by atoms with Gasteiger partial charge in [-0.1, -0.05) is 6.92 Å². The van der Waals surface area contributed by atoms with Crippen LogP contribution in [-0.4, -0.2) is 123 Å². The fourth-order valence-electron chi connectivity index (χ4n) is 5.94. The highest BCUT2D eigenvalue weighted by atomic mass is 32.2. The first-order valence-electron chi connectivity index (χ1n) is 19.4. The van der Waals surface area contributed by atoms with Crippen LogP contribution >= 0.6 is 0 Å². The quantitative estimate of drug-likeness (QED) is 0.0432. The van der Waals surface area contributed by atoms with E-state index in [1.807, 2.05) is 4.68 Å². The number of amides is 2. The molecule has 2 aromatic carbocycles. The van der Waals surface area contributed by atoms with E-state index >= 15 is 0 Å². The Balaban J connectivity index is 1.17. The maximum atomic E-state index is 13.5. The monoisotopic (exact) mass is 828 g/mol. The van der Waals surface area contributed by atoms with Crippen molar-refractivity contribution in [1.29, 1.82) is 0 Å². The van der Waals surface area contributed by atoms with Crippen LogP contribution in [0.1, 0.15) is 60.5 Å². The lowest BCUT2D eigenvalue weighted by Gasteiger charge is -2.19. The average molecular weight is 829 g/mol. The van der Waals surface area contributed by atoms with E-state index in [9.17, 15) is 27.9 Å². The van der Waals surface area contributed by atoms with E-state index in [0.29, 0.717) is 88.3 Å². The van der Waals surface area contributed by atoms with E-state index in [-0.39, 0.29) is 29.4 Å². The average Bonchev–Trinajstić information content (AvgIpc) is 3.86. The smallest absolute Gasteiger partial charge is 0.323 e. The number of aromatic amines is 1. The summed E-state index contributed by atoms with van der Waals surface area (Å²) in [4.78, 5) is 44.4. The maximum Gasteiger partial charge on any atom is 0.323 e. The van der Waals surface area contributed by atoms with Gasteiger partial charge in [0.25, 0.3) is 5.91 Å². The topological polar surface area (TPSA) is 237 Å². The van der Waals surface area contributed by atoms with E-state index in [0.717, 1.165) is 30.4 Å². The lowest BCUT2D eigenvalue weighted by molar-refractivity contribution is -0.138. The van der Waals surface area contributed by atoms with Crippen molar-refractivity contribution >= 4 is 44.7 Å². The van der Waals surface area contributed by atoms with Gasteiger partial charge in [-0.25, -0.2) is 13.4 Å². The number of H-pyrrole nitrogens is 1. The molecule has 2 aromatic heterocycles. The maximum absolute atomic E-state index is 13.5. The number of hydrogen-bond donors (Lipinski definition) is 6. The fraction of sp³-hybridized carbons (Fsp3) is 0.513. The van der Waals surface area contributed by atoms with E-state index in [4.69, 9.17) is 18.9 Å². The summed E-state index contributed by atoms with van der Waals surface area (Å²) < 4.78 is 53.1. The Morgan fingerprint density at radius 2 is 1.62 bits per heavy atom. The summed E-state index contributed by atoms with van der Waals surface area (Å²) in [6.45, 7) is 10.0.